The summed E-state index contributed by atoms with van der Waals surface area (Å²) < 4.78 is 0. The smallest absolute Gasteiger partial charge is 0.124 e. The number of nitrogens with two attached hydrogens (primary N) is 1. The maximum atomic E-state index is 5.90. The highest BCUT2D eigenvalue weighted by molar-refractivity contribution is 6.30. The highest BCUT2D eigenvalue weighted by Crippen LogP contribution is 2.20. The van der Waals surface area contributed by atoms with Crippen LogP contribution in [0.4, 0.5) is 5.82 Å². The van der Waals surface area contributed by atoms with Gasteiger partial charge in [0.1, 0.15) is 5.82 Å². The third kappa shape index (κ3) is 4.01. The van der Waals surface area contributed by atoms with E-state index in [9.17, 15) is 0 Å². The number of aromatic nitrogens is 1. The number of pyridine rings is 1. The third-order valence-electron chi connectivity index (χ3n) is 4.02. The zero-order chi connectivity index (χ0) is 16.2. The average molecular weight is 326 g/mol. The average Bonchev–Trinajstić information content (AvgIpc) is 2.56. The Morgan fingerprint density at radius 1 is 1.09 bits per heavy atom. The Morgan fingerprint density at radius 3 is 2.61 bits per heavy atom. The number of nitrogens with zero attached hydrogens (tertiary/aromatic N) is 1. The number of hydrogen-bond donors (Lipinski definition) is 2. The lowest BCUT2D eigenvalue weighted by Crippen LogP contribution is -2.21. The molecule has 0 bridgehead atoms. The molecule has 3 aromatic rings. The van der Waals surface area contributed by atoms with E-state index in [2.05, 4.69) is 47.6 Å². The van der Waals surface area contributed by atoms with Crippen molar-refractivity contribution in [2.24, 2.45) is 0 Å². The van der Waals surface area contributed by atoms with Gasteiger partial charge in [0.2, 0.25) is 0 Å². The van der Waals surface area contributed by atoms with Gasteiger partial charge in [-0.05, 0) is 61.3 Å². The zero-order valence-corrected chi connectivity index (χ0v) is 13.8. The molecule has 0 fully saturated rings. The molecule has 0 aliphatic rings. The topological polar surface area (TPSA) is 50.9 Å². The number of benzene rings is 2. The zero-order valence-electron chi connectivity index (χ0n) is 13.1. The van der Waals surface area contributed by atoms with Crippen LogP contribution in [0.25, 0.3) is 10.9 Å². The Hall–Kier alpha value is -2.10. The van der Waals surface area contributed by atoms with Gasteiger partial charge in [0.05, 0.1) is 5.52 Å². The predicted molar refractivity (Wildman–Crippen MR) is 97.7 cm³/mol. The molecular formula is C19H20ClN3. The van der Waals surface area contributed by atoms with Gasteiger partial charge in [0.25, 0.3) is 0 Å². The maximum absolute atomic E-state index is 5.90. The number of fused-ring (bicyclic) bond motifs is 1. The maximum Gasteiger partial charge on any atom is 0.124 e. The molecule has 4 heteroatoms. The van der Waals surface area contributed by atoms with Crippen molar-refractivity contribution in [1.82, 2.24) is 10.3 Å². The SMILES string of the molecule is CC(NCCc1ccc(Cl)cc1)c1ccc2ccc(N)nc2c1. The van der Waals surface area contributed by atoms with Crippen molar-refractivity contribution in [3.63, 3.8) is 0 Å². The van der Waals surface area contributed by atoms with Crippen LogP contribution in [-0.4, -0.2) is 11.5 Å². The molecule has 1 unspecified atom stereocenters. The van der Waals surface area contributed by atoms with Gasteiger partial charge in [-0.2, -0.15) is 0 Å². The van der Waals surface area contributed by atoms with Gasteiger partial charge < -0.3 is 11.1 Å². The van der Waals surface area contributed by atoms with Gasteiger partial charge in [0, 0.05) is 16.5 Å². The molecule has 1 atom stereocenters. The van der Waals surface area contributed by atoms with E-state index in [1.807, 2.05) is 24.3 Å². The molecule has 23 heavy (non-hydrogen) atoms. The van der Waals surface area contributed by atoms with Crippen molar-refractivity contribution < 1.29 is 0 Å². The van der Waals surface area contributed by atoms with Gasteiger partial charge >= 0.3 is 0 Å². The first-order valence-corrected chi connectivity index (χ1v) is 8.13. The number of nitrogens with one attached hydrogen (secondary N) is 1. The quantitative estimate of drug-likeness (QED) is 0.732. The predicted octanol–water partition coefficient (Wildman–Crippen LogP) is 4.36. The van der Waals surface area contributed by atoms with Crippen LogP contribution in [0.1, 0.15) is 24.1 Å². The number of nitrogen functional groups attached to an aromatic ring is 1. The van der Waals surface area contributed by atoms with E-state index >= 15 is 0 Å². The Labute approximate surface area is 141 Å². The Bertz CT molecular complexity index is 799. The van der Waals surface area contributed by atoms with Crippen molar-refractivity contribution in [2.75, 3.05) is 12.3 Å². The summed E-state index contributed by atoms with van der Waals surface area (Å²) in [4.78, 5) is 4.39. The second-order valence-corrected chi connectivity index (χ2v) is 6.18. The minimum Gasteiger partial charge on any atom is -0.384 e. The molecule has 3 rings (SSSR count). The Kier molecular flexibility index (Phi) is 4.79. The van der Waals surface area contributed by atoms with E-state index in [1.54, 1.807) is 0 Å². The molecule has 0 amide bonds. The van der Waals surface area contributed by atoms with Crippen LogP contribution in [0, 0.1) is 0 Å². The van der Waals surface area contributed by atoms with E-state index < -0.39 is 0 Å². The monoisotopic (exact) mass is 325 g/mol. The third-order valence-corrected chi connectivity index (χ3v) is 4.27. The highest BCUT2D eigenvalue weighted by Gasteiger charge is 2.06. The van der Waals surface area contributed by atoms with E-state index in [-0.39, 0.29) is 6.04 Å². The van der Waals surface area contributed by atoms with E-state index in [0.717, 1.165) is 28.9 Å². The second-order valence-electron chi connectivity index (χ2n) is 5.74. The Morgan fingerprint density at radius 2 is 1.83 bits per heavy atom. The fourth-order valence-corrected chi connectivity index (χ4v) is 2.75. The fourth-order valence-electron chi connectivity index (χ4n) is 2.62. The van der Waals surface area contributed by atoms with Crippen molar-refractivity contribution in [1.29, 1.82) is 0 Å². The molecule has 0 aliphatic carbocycles. The molecule has 0 saturated heterocycles. The van der Waals surface area contributed by atoms with Crippen molar-refractivity contribution in [3.05, 3.63) is 70.7 Å². The molecule has 118 valence electrons. The van der Waals surface area contributed by atoms with Gasteiger partial charge in [-0.1, -0.05) is 35.9 Å². The van der Waals surface area contributed by atoms with Gasteiger partial charge in [-0.3, -0.25) is 0 Å². The first-order chi connectivity index (χ1) is 11.1. The molecule has 0 aliphatic heterocycles. The van der Waals surface area contributed by atoms with Gasteiger partial charge in [0.15, 0.2) is 0 Å². The van der Waals surface area contributed by atoms with Crippen molar-refractivity contribution in [3.8, 4) is 0 Å². The fraction of sp³-hybridized carbons (Fsp3) is 0.211. The number of rotatable bonds is 5. The first kappa shape index (κ1) is 15.8. The molecule has 0 radical (unpaired) electrons. The van der Waals surface area contributed by atoms with Crippen LogP contribution in [-0.2, 0) is 6.42 Å². The summed E-state index contributed by atoms with van der Waals surface area (Å²) in [7, 11) is 0. The molecule has 1 heterocycles. The van der Waals surface area contributed by atoms with Crippen LogP contribution < -0.4 is 11.1 Å². The van der Waals surface area contributed by atoms with E-state index in [1.165, 1.54) is 11.1 Å². The van der Waals surface area contributed by atoms with Gasteiger partial charge in [-0.25, -0.2) is 4.98 Å². The summed E-state index contributed by atoms with van der Waals surface area (Å²) in [6.45, 7) is 3.07. The molecule has 2 aromatic carbocycles. The summed E-state index contributed by atoms with van der Waals surface area (Å²) in [5.41, 5.74) is 9.20. The summed E-state index contributed by atoms with van der Waals surface area (Å²) in [6.07, 6.45) is 0.973. The van der Waals surface area contributed by atoms with Crippen LogP contribution in [0.5, 0.6) is 0 Å². The molecule has 1 aromatic heterocycles. The number of anilines is 1. The molecule has 0 spiro atoms. The lowest BCUT2D eigenvalue weighted by molar-refractivity contribution is 0.577. The number of halogens is 1. The molecule has 3 N–H and O–H groups in total. The van der Waals surface area contributed by atoms with E-state index in [4.69, 9.17) is 17.3 Å². The highest BCUT2D eigenvalue weighted by atomic mass is 35.5. The first-order valence-electron chi connectivity index (χ1n) is 7.76. The minimum absolute atomic E-state index is 0.259. The molecule has 3 nitrogen and oxygen atoms in total. The minimum atomic E-state index is 0.259. The lowest BCUT2D eigenvalue weighted by atomic mass is 10.1. The molecular weight excluding hydrogens is 306 g/mol. The normalized spacial score (nSPS) is 12.4. The van der Waals surface area contributed by atoms with Crippen LogP contribution >= 0.6 is 11.6 Å². The number of hydrogen-bond acceptors (Lipinski definition) is 3. The standard InChI is InChI=1S/C19H20ClN3/c1-13(22-11-10-14-2-7-17(20)8-3-14)16-5-4-15-6-9-19(21)23-18(15)12-16/h2-9,12-13,22H,10-11H2,1H3,(H2,21,23). The summed E-state index contributed by atoms with van der Waals surface area (Å²) >= 11 is 5.90. The largest absolute Gasteiger partial charge is 0.384 e. The summed E-state index contributed by atoms with van der Waals surface area (Å²) in [5.74, 6) is 0.554. The second kappa shape index (κ2) is 6.99. The van der Waals surface area contributed by atoms with E-state index in [0.29, 0.717) is 5.82 Å². The summed E-state index contributed by atoms with van der Waals surface area (Å²) in [6, 6.07) is 18.4. The van der Waals surface area contributed by atoms with Crippen molar-refractivity contribution >= 4 is 28.3 Å². The van der Waals surface area contributed by atoms with Crippen LogP contribution in [0.2, 0.25) is 5.02 Å². The lowest BCUT2D eigenvalue weighted by Gasteiger charge is -2.15. The Balaban J connectivity index is 1.63. The molecule has 0 saturated carbocycles. The van der Waals surface area contributed by atoms with Gasteiger partial charge in [-0.15, -0.1) is 0 Å². The van der Waals surface area contributed by atoms with Crippen molar-refractivity contribution in [2.45, 2.75) is 19.4 Å². The van der Waals surface area contributed by atoms with Crippen LogP contribution in [0.15, 0.2) is 54.6 Å². The van der Waals surface area contributed by atoms with Crippen LogP contribution in [0.3, 0.4) is 0 Å². The summed E-state index contributed by atoms with van der Waals surface area (Å²) in [5, 5.41) is 5.43.